The third kappa shape index (κ3) is 3.40. The summed E-state index contributed by atoms with van der Waals surface area (Å²) in [6, 6.07) is 8.41. The highest BCUT2D eigenvalue weighted by Crippen LogP contribution is 2.32. The molecule has 0 radical (unpaired) electrons. The summed E-state index contributed by atoms with van der Waals surface area (Å²) in [5.41, 5.74) is 6.06. The van der Waals surface area contributed by atoms with Gasteiger partial charge in [-0.25, -0.2) is 14.6 Å². The Labute approximate surface area is 177 Å². The summed E-state index contributed by atoms with van der Waals surface area (Å²) in [4.78, 5) is 24.6. The molecule has 2 heterocycles. The lowest BCUT2D eigenvalue weighted by Gasteiger charge is -2.22. The summed E-state index contributed by atoms with van der Waals surface area (Å²) in [6.45, 7) is 5.68. The molecular weight excluding hydrogens is 374 g/mol. The van der Waals surface area contributed by atoms with Crippen molar-refractivity contribution in [1.29, 1.82) is 0 Å². The van der Waals surface area contributed by atoms with Crippen LogP contribution in [0, 0.1) is 12.8 Å². The number of amides is 1. The Kier molecular flexibility index (Phi) is 4.85. The molecule has 2 aliphatic rings. The average Bonchev–Trinajstić information content (AvgIpc) is 3.51. The van der Waals surface area contributed by atoms with Gasteiger partial charge in [-0.3, -0.25) is 4.79 Å². The van der Waals surface area contributed by atoms with E-state index in [0.717, 1.165) is 49.3 Å². The van der Waals surface area contributed by atoms with Gasteiger partial charge in [0.15, 0.2) is 0 Å². The zero-order valence-corrected chi connectivity index (χ0v) is 17.6. The Bertz CT molecular complexity index is 1100. The highest BCUT2D eigenvalue weighted by molar-refractivity contribution is 5.95. The predicted molar refractivity (Wildman–Crippen MR) is 116 cm³/mol. The van der Waals surface area contributed by atoms with Gasteiger partial charge in [-0.1, -0.05) is 31.2 Å². The summed E-state index contributed by atoms with van der Waals surface area (Å²) >= 11 is 0. The zero-order chi connectivity index (χ0) is 20.7. The molecule has 0 unspecified atom stereocenters. The SMILES string of the molecule is CCCN(CC1CC1)C(=O)c1cnn(-c2ncc3c(n2)-c2ccccc2CC3)c1C. The molecule has 0 aliphatic heterocycles. The van der Waals surface area contributed by atoms with Gasteiger partial charge in [0.2, 0.25) is 0 Å². The Morgan fingerprint density at radius 1 is 1.17 bits per heavy atom. The Morgan fingerprint density at radius 2 is 1.97 bits per heavy atom. The number of aryl methyl sites for hydroxylation is 2. The van der Waals surface area contributed by atoms with Gasteiger partial charge < -0.3 is 4.90 Å². The molecule has 6 heteroatoms. The molecule has 2 aliphatic carbocycles. The van der Waals surface area contributed by atoms with Crippen molar-refractivity contribution in [2.75, 3.05) is 13.1 Å². The first-order chi connectivity index (χ1) is 14.7. The van der Waals surface area contributed by atoms with Crippen LogP contribution in [0.1, 0.15) is 53.4 Å². The van der Waals surface area contributed by atoms with Crippen LogP contribution >= 0.6 is 0 Å². The zero-order valence-electron chi connectivity index (χ0n) is 17.6. The second kappa shape index (κ2) is 7.67. The lowest BCUT2D eigenvalue weighted by molar-refractivity contribution is 0.0747. The van der Waals surface area contributed by atoms with E-state index >= 15 is 0 Å². The van der Waals surface area contributed by atoms with Crippen molar-refractivity contribution >= 4 is 5.91 Å². The van der Waals surface area contributed by atoms with Crippen LogP contribution in [0.2, 0.25) is 0 Å². The Hall–Kier alpha value is -3.02. The topological polar surface area (TPSA) is 63.9 Å². The minimum absolute atomic E-state index is 0.0656. The maximum Gasteiger partial charge on any atom is 0.257 e. The van der Waals surface area contributed by atoms with Gasteiger partial charge in [-0.05, 0) is 56.1 Å². The van der Waals surface area contributed by atoms with E-state index in [1.807, 2.05) is 24.1 Å². The smallest absolute Gasteiger partial charge is 0.257 e. The largest absolute Gasteiger partial charge is 0.338 e. The van der Waals surface area contributed by atoms with Crippen molar-refractivity contribution in [3.05, 3.63) is 59.0 Å². The fourth-order valence-electron chi connectivity index (χ4n) is 4.30. The van der Waals surface area contributed by atoms with Crippen LogP contribution in [-0.2, 0) is 12.8 Å². The molecule has 5 rings (SSSR count). The third-order valence-electron chi connectivity index (χ3n) is 6.17. The standard InChI is InChI=1S/C24H27N5O/c1-3-12-28(15-17-8-9-17)23(30)21-14-26-29(16(21)2)24-25-13-19-11-10-18-6-4-5-7-20(18)22(19)27-24/h4-7,13-14,17H,3,8-12,15H2,1-2H3. The minimum Gasteiger partial charge on any atom is -0.338 e. The van der Waals surface area contributed by atoms with Crippen LogP contribution in [0.3, 0.4) is 0 Å². The molecule has 0 bridgehead atoms. The van der Waals surface area contributed by atoms with Gasteiger partial charge in [0.05, 0.1) is 23.1 Å². The number of hydrogen-bond donors (Lipinski definition) is 0. The van der Waals surface area contributed by atoms with Crippen LogP contribution < -0.4 is 0 Å². The second-order valence-electron chi connectivity index (χ2n) is 8.45. The maximum absolute atomic E-state index is 13.2. The van der Waals surface area contributed by atoms with Crippen molar-refractivity contribution in [3.8, 4) is 17.2 Å². The number of rotatable bonds is 6. The van der Waals surface area contributed by atoms with E-state index in [-0.39, 0.29) is 5.91 Å². The van der Waals surface area contributed by atoms with Gasteiger partial charge >= 0.3 is 0 Å². The first-order valence-electron chi connectivity index (χ1n) is 10.9. The summed E-state index contributed by atoms with van der Waals surface area (Å²) in [5.74, 6) is 1.25. The molecule has 3 aromatic rings. The molecule has 0 N–H and O–H groups in total. The van der Waals surface area contributed by atoms with E-state index in [1.54, 1.807) is 10.9 Å². The van der Waals surface area contributed by atoms with Crippen LogP contribution in [0.15, 0.2) is 36.7 Å². The monoisotopic (exact) mass is 401 g/mol. The summed E-state index contributed by atoms with van der Waals surface area (Å²) in [5, 5.41) is 4.49. The summed E-state index contributed by atoms with van der Waals surface area (Å²) in [6.07, 6.45) is 8.96. The lowest BCUT2D eigenvalue weighted by Crippen LogP contribution is -2.33. The van der Waals surface area contributed by atoms with Crippen molar-refractivity contribution in [1.82, 2.24) is 24.6 Å². The van der Waals surface area contributed by atoms with Crippen LogP contribution in [-0.4, -0.2) is 43.6 Å². The molecule has 154 valence electrons. The number of nitrogens with zero attached hydrogens (tertiary/aromatic N) is 5. The highest BCUT2D eigenvalue weighted by atomic mass is 16.2. The molecule has 1 saturated carbocycles. The second-order valence-corrected chi connectivity index (χ2v) is 8.45. The van der Waals surface area contributed by atoms with Crippen molar-refractivity contribution in [2.45, 2.75) is 46.0 Å². The van der Waals surface area contributed by atoms with E-state index in [9.17, 15) is 4.79 Å². The summed E-state index contributed by atoms with van der Waals surface area (Å²) < 4.78 is 1.70. The van der Waals surface area contributed by atoms with Crippen LogP contribution in [0.4, 0.5) is 0 Å². The first-order valence-corrected chi connectivity index (χ1v) is 10.9. The molecule has 1 aromatic carbocycles. The molecule has 6 nitrogen and oxygen atoms in total. The van der Waals surface area contributed by atoms with E-state index in [2.05, 4.69) is 35.2 Å². The van der Waals surface area contributed by atoms with Crippen molar-refractivity contribution < 1.29 is 4.79 Å². The molecule has 30 heavy (non-hydrogen) atoms. The van der Waals surface area contributed by atoms with Gasteiger partial charge in [0.1, 0.15) is 0 Å². The number of carbonyl (C=O) groups is 1. The fraction of sp³-hybridized carbons (Fsp3) is 0.417. The van der Waals surface area contributed by atoms with E-state index in [1.165, 1.54) is 24.0 Å². The molecule has 1 fully saturated rings. The van der Waals surface area contributed by atoms with Gasteiger partial charge in [0, 0.05) is 24.8 Å². The van der Waals surface area contributed by atoms with E-state index in [4.69, 9.17) is 4.98 Å². The van der Waals surface area contributed by atoms with E-state index in [0.29, 0.717) is 17.4 Å². The number of benzene rings is 1. The maximum atomic E-state index is 13.2. The lowest BCUT2D eigenvalue weighted by atomic mass is 9.90. The minimum atomic E-state index is 0.0656. The van der Waals surface area contributed by atoms with E-state index < -0.39 is 0 Å². The molecule has 0 atom stereocenters. The summed E-state index contributed by atoms with van der Waals surface area (Å²) in [7, 11) is 0. The third-order valence-corrected chi connectivity index (χ3v) is 6.17. The number of aromatic nitrogens is 4. The number of fused-ring (bicyclic) bond motifs is 3. The predicted octanol–water partition coefficient (Wildman–Crippen LogP) is 4.00. The molecule has 2 aromatic heterocycles. The molecular formula is C24H27N5O. The van der Waals surface area contributed by atoms with Crippen LogP contribution in [0.25, 0.3) is 17.2 Å². The van der Waals surface area contributed by atoms with Gasteiger partial charge in [-0.2, -0.15) is 5.10 Å². The highest BCUT2D eigenvalue weighted by Gasteiger charge is 2.29. The van der Waals surface area contributed by atoms with Crippen molar-refractivity contribution in [3.63, 3.8) is 0 Å². The van der Waals surface area contributed by atoms with Gasteiger partial charge in [-0.15, -0.1) is 0 Å². The fourth-order valence-corrected chi connectivity index (χ4v) is 4.30. The number of carbonyl (C=O) groups excluding carboxylic acids is 1. The number of hydrogen-bond acceptors (Lipinski definition) is 4. The molecule has 0 spiro atoms. The molecule has 1 amide bonds. The average molecular weight is 402 g/mol. The normalized spacial score (nSPS) is 14.9. The van der Waals surface area contributed by atoms with Gasteiger partial charge in [0.25, 0.3) is 11.9 Å². The Balaban J connectivity index is 1.48. The Morgan fingerprint density at radius 3 is 2.77 bits per heavy atom. The van der Waals surface area contributed by atoms with Crippen molar-refractivity contribution in [2.24, 2.45) is 5.92 Å². The quantitative estimate of drug-likeness (QED) is 0.626. The van der Waals surface area contributed by atoms with Crippen LogP contribution in [0.5, 0.6) is 0 Å². The first kappa shape index (κ1) is 19.0. The molecule has 0 saturated heterocycles.